The third kappa shape index (κ3) is 2.84. The highest BCUT2D eigenvalue weighted by Crippen LogP contribution is 2.39. The van der Waals surface area contributed by atoms with Crippen molar-refractivity contribution in [1.29, 1.82) is 0 Å². The predicted molar refractivity (Wildman–Crippen MR) is 103 cm³/mol. The van der Waals surface area contributed by atoms with Gasteiger partial charge in [0.25, 0.3) is 11.5 Å². The van der Waals surface area contributed by atoms with Crippen LogP contribution in [0, 0.1) is 5.92 Å². The molecule has 140 valence electrons. The molecule has 1 amide bonds. The Labute approximate surface area is 164 Å². The number of amides is 1. The van der Waals surface area contributed by atoms with Gasteiger partial charge in [0.1, 0.15) is 13.2 Å². The van der Waals surface area contributed by atoms with Crippen LogP contribution in [0.25, 0.3) is 0 Å². The lowest BCUT2D eigenvalue weighted by Crippen LogP contribution is -2.49. The Bertz CT molecular complexity index is 986. The van der Waals surface area contributed by atoms with Gasteiger partial charge < -0.3 is 18.9 Å². The number of fused-ring (bicyclic) bond motifs is 5. The van der Waals surface area contributed by atoms with Crippen molar-refractivity contribution in [3.8, 4) is 11.5 Å². The molecule has 1 aromatic carbocycles. The van der Waals surface area contributed by atoms with E-state index in [1.807, 2.05) is 21.6 Å². The zero-order valence-corrected chi connectivity index (χ0v) is 16.3. The zero-order chi connectivity index (χ0) is 18.5. The number of pyridine rings is 1. The van der Waals surface area contributed by atoms with Crippen molar-refractivity contribution in [3.05, 3.63) is 56.4 Å². The highest BCUT2D eigenvalue weighted by atomic mass is 79.9. The van der Waals surface area contributed by atoms with Crippen LogP contribution in [0.15, 0.2) is 39.6 Å². The Hall–Kier alpha value is -2.28. The molecule has 0 spiro atoms. The summed E-state index contributed by atoms with van der Waals surface area (Å²) in [5.41, 5.74) is 1.68. The molecule has 7 heteroatoms. The number of hydrogen-bond acceptors (Lipinski definition) is 4. The molecule has 3 aliphatic rings. The van der Waals surface area contributed by atoms with E-state index >= 15 is 0 Å². The van der Waals surface area contributed by atoms with Gasteiger partial charge in [0.15, 0.2) is 11.5 Å². The number of carbonyl (C=O) groups is 1. The van der Waals surface area contributed by atoms with Crippen LogP contribution in [0.2, 0.25) is 0 Å². The van der Waals surface area contributed by atoms with Gasteiger partial charge in [-0.3, -0.25) is 9.59 Å². The van der Waals surface area contributed by atoms with Gasteiger partial charge >= 0.3 is 0 Å². The van der Waals surface area contributed by atoms with E-state index in [-0.39, 0.29) is 17.4 Å². The van der Waals surface area contributed by atoms with Crippen LogP contribution in [0.5, 0.6) is 11.5 Å². The summed E-state index contributed by atoms with van der Waals surface area (Å²) in [4.78, 5) is 27.3. The van der Waals surface area contributed by atoms with Gasteiger partial charge in [-0.1, -0.05) is 6.07 Å². The highest BCUT2D eigenvalue weighted by Gasteiger charge is 2.37. The molecule has 27 heavy (non-hydrogen) atoms. The van der Waals surface area contributed by atoms with E-state index in [0.29, 0.717) is 60.3 Å². The fourth-order valence-electron chi connectivity index (χ4n) is 4.46. The van der Waals surface area contributed by atoms with Crippen molar-refractivity contribution in [2.75, 3.05) is 26.3 Å². The molecule has 2 aromatic rings. The molecular weight excluding hydrogens is 412 g/mol. The lowest BCUT2D eigenvalue weighted by atomic mass is 9.83. The standard InChI is InChI=1S/C20H19BrN2O4/c21-15-8-18-17(26-4-5-27-18)7-14(15)20(25)22-9-12-6-13(11-22)16-2-1-3-19(24)23(16)10-12/h1-3,7-8,12-13H,4-6,9-11H2. The minimum atomic E-state index is -0.0136. The van der Waals surface area contributed by atoms with Crippen LogP contribution in [-0.4, -0.2) is 41.7 Å². The summed E-state index contributed by atoms with van der Waals surface area (Å²) < 4.78 is 13.8. The second kappa shape index (κ2) is 6.41. The van der Waals surface area contributed by atoms with Crippen LogP contribution in [0.3, 0.4) is 0 Å². The van der Waals surface area contributed by atoms with E-state index in [0.717, 1.165) is 12.1 Å². The largest absolute Gasteiger partial charge is 0.486 e. The summed E-state index contributed by atoms with van der Waals surface area (Å²) in [6.45, 7) is 2.97. The highest BCUT2D eigenvalue weighted by molar-refractivity contribution is 9.10. The maximum absolute atomic E-state index is 13.2. The first kappa shape index (κ1) is 16.9. The average molecular weight is 431 g/mol. The molecule has 1 aromatic heterocycles. The lowest BCUT2D eigenvalue weighted by Gasteiger charge is -2.42. The van der Waals surface area contributed by atoms with Crippen LogP contribution in [-0.2, 0) is 6.54 Å². The second-order valence-electron chi connectivity index (χ2n) is 7.38. The number of ether oxygens (including phenoxy) is 2. The topological polar surface area (TPSA) is 60.8 Å². The number of benzene rings is 1. The summed E-state index contributed by atoms with van der Waals surface area (Å²) in [6.07, 6.45) is 1.02. The number of carbonyl (C=O) groups excluding carboxylic acids is 1. The van der Waals surface area contributed by atoms with E-state index < -0.39 is 0 Å². The van der Waals surface area contributed by atoms with Crippen molar-refractivity contribution < 1.29 is 14.3 Å². The van der Waals surface area contributed by atoms with Gasteiger partial charge in [-0.15, -0.1) is 0 Å². The summed E-state index contributed by atoms with van der Waals surface area (Å²) in [7, 11) is 0. The Morgan fingerprint density at radius 2 is 1.85 bits per heavy atom. The third-order valence-corrected chi connectivity index (χ3v) is 6.29. The number of halogens is 1. The molecule has 4 heterocycles. The monoisotopic (exact) mass is 430 g/mol. The quantitative estimate of drug-likeness (QED) is 0.697. The van der Waals surface area contributed by atoms with Crippen molar-refractivity contribution >= 4 is 21.8 Å². The summed E-state index contributed by atoms with van der Waals surface area (Å²) in [6, 6.07) is 9.01. The first-order valence-corrected chi connectivity index (χ1v) is 9.97. The first-order valence-electron chi connectivity index (χ1n) is 9.18. The van der Waals surface area contributed by atoms with Gasteiger partial charge in [0.05, 0.1) is 5.56 Å². The lowest BCUT2D eigenvalue weighted by molar-refractivity contribution is 0.0592. The molecule has 2 unspecified atom stereocenters. The first-order chi connectivity index (χ1) is 13.1. The summed E-state index contributed by atoms with van der Waals surface area (Å²) in [5.74, 6) is 1.76. The van der Waals surface area contributed by atoms with E-state index in [1.54, 1.807) is 18.2 Å². The van der Waals surface area contributed by atoms with Crippen molar-refractivity contribution in [2.45, 2.75) is 18.9 Å². The maximum Gasteiger partial charge on any atom is 0.255 e. The molecule has 5 rings (SSSR count). The van der Waals surface area contributed by atoms with E-state index in [9.17, 15) is 9.59 Å². The van der Waals surface area contributed by atoms with Crippen molar-refractivity contribution in [2.24, 2.45) is 5.92 Å². The minimum Gasteiger partial charge on any atom is -0.486 e. The SMILES string of the molecule is O=C(c1cc2c(cc1Br)OCCO2)N1CC2CC(C1)c1cccc(=O)n1C2. The molecule has 0 aliphatic carbocycles. The predicted octanol–water partition coefficient (Wildman–Crippen LogP) is 2.64. The third-order valence-electron chi connectivity index (χ3n) is 5.63. The van der Waals surface area contributed by atoms with Gasteiger partial charge in [0.2, 0.25) is 0 Å². The molecule has 2 atom stereocenters. The molecule has 2 bridgehead atoms. The average Bonchev–Trinajstić information content (AvgIpc) is 2.67. The van der Waals surface area contributed by atoms with Crippen LogP contribution < -0.4 is 15.0 Å². The van der Waals surface area contributed by atoms with Gasteiger partial charge in [-0.25, -0.2) is 0 Å². The fraction of sp³-hybridized carbons (Fsp3) is 0.400. The van der Waals surface area contributed by atoms with Gasteiger partial charge in [-0.05, 0) is 46.5 Å². The molecule has 0 N–H and O–H groups in total. The van der Waals surface area contributed by atoms with Crippen LogP contribution >= 0.6 is 15.9 Å². The Morgan fingerprint density at radius 3 is 2.67 bits per heavy atom. The maximum atomic E-state index is 13.2. The Kier molecular flexibility index (Phi) is 4.00. The smallest absolute Gasteiger partial charge is 0.255 e. The van der Waals surface area contributed by atoms with E-state index in [4.69, 9.17) is 9.47 Å². The number of rotatable bonds is 1. The van der Waals surface area contributed by atoms with Crippen molar-refractivity contribution in [1.82, 2.24) is 9.47 Å². The van der Waals surface area contributed by atoms with E-state index in [2.05, 4.69) is 15.9 Å². The number of hydrogen-bond donors (Lipinski definition) is 0. The Balaban J connectivity index is 1.45. The van der Waals surface area contributed by atoms with Gasteiger partial charge in [-0.2, -0.15) is 0 Å². The number of likely N-dealkylation sites (tertiary alicyclic amines) is 1. The number of nitrogens with zero attached hydrogens (tertiary/aromatic N) is 2. The molecule has 0 saturated carbocycles. The van der Waals surface area contributed by atoms with E-state index in [1.165, 1.54) is 0 Å². The van der Waals surface area contributed by atoms with Crippen LogP contribution in [0.4, 0.5) is 0 Å². The number of piperidine rings is 1. The molecule has 3 aliphatic heterocycles. The van der Waals surface area contributed by atoms with Gasteiger partial charge in [0, 0.05) is 41.8 Å². The molecule has 6 nitrogen and oxygen atoms in total. The fourth-order valence-corrected chi connectivity index (χ4v) is 4.95. The molecular formula is C20H19BrN2O4. The van der Waals surface area contributed by atoms with Crippen LogP contribution in [0.1, 0.15) is 28.4 Å². The normalized spacial score (nSPS) is 22.9. The molecule has 1 saturated heterocycles. The summed E-state index contributed by atoms with van der Waals surface area (Å²) in [5, 5.41) is 0. The number of aromatic nitrogens is 1. The molecule has 1 fully saturated rings. The second-order valence-corrected chi connectivity index (χ2v) is 8.24. The minimum absolute atomic E-state index is 0.0136. The Morgan fingerprint density at radius 1 is 1.07 bits per heavy atom. The molecule has 0 radical (unpaired) electrons. The zero-order valence-electron chi connectivity index (χ0n) is 14.7. The summed E-state index contributed by atoms with van der Waals surface area (Å²) >= 11 is 3.51. The van der Waals surface area contributed by atoms with Crippen molar-refractivity contribution in [3.63, 3.8) is 0 Å².